The second kappa shape index (κ2) is 5.31. The lowest BCUT2D eigenvalue weighted by atomic mass is 10.0. The number of hydrogen-bond acceptors (Lipinski definition) is 2. The molecule has 2 heteroatoms. The average molecular weight is 247 g/mol. The Bertz CT molecular complexity index is 371. The fraction of sp³-hybridized carbons (Fsp3) is 0.625. The Kier molecular flexibility index (Phi) is 3.96. The SMILES string of the molecule is CC1CN(CCc2ccc(OC(C)(C)C)cc2)C1. The summed E-state index contributed by atoms with van der Waals surface area (Å²) in [4.78, 5) is 2.52. The quantitative estimate of drug-likeness (QED) is 0.809. The number of ether oxygens (including phenoxy) is 1. The van der Waals surface area contributed by atoms with Crippen LogP contribution in [0.25, 0.3) is 0 Å². The molecule has 0 N–H and O–H groups in total. The summed E-state index contributed by atoms with van der Waals surface area (Å²) in [6.07, 6.45) is 1.14. The first kappa shape index (κ1) is 13.4. The minimum Gasteiger partial charge on any atom is -0.488 e. The molecule has 1 saturated heterocycles. The smallest absolute Gasteiger partial charge is 0.120 e. The first-order chi connectivity index (χ1) is 8.42. The van der Waals surface area contributed by atoms with Crippen molar-refractivity contribution in [3.05, 3.63) is 29.8 Å². The van der Waals surface area contributed by atoms with Gasteiger partial charge in [-0.2, -0.15) is 0 Å². The van der Waals surface area contributed by atoms with Gasteiger partial charge >= 0.3 is 0 Å². The van der Waals surface area contributed by atoms with Crippen LogP contribution in [0.4, 0.5) is 0 Å². The van der Waals surface area contributed by atoms with Crippen molar-refractivity contribution in [2.24, 2.45) is 5.92 Å². The van der Waals surface area contributed by atoms with Crippen molar-refractivity contribution in [1.29, 1.82) is 0 Å². The van der Waals surface area contributed by atoms with Crippen molar-refractivity contribution in [1.82, 2.24) is 4.90 Å². The van der Waals surface area contributed by atoms with E-state index < -0.39 is 0 Å². The zero-order valence-corrected chi connectivity index (χ0v) is 12.1. The summed E-state index contributed by atoms with van der Waals surface area (Å²) < 4.78 is 5.82. The third-order valence-electron chi connectivity index (χ3n) is 3.20. The highest BCUT2D eigenvalue weighted by molar-refractivity contribution is 5.28. The molecule has 1 aromatic rings. The summed E-state index contributed by atoms with van der Waals surface area (Å²) in [5.74, 6) is 1.86. The van der Waals surface area contributed by atoms with Crippen molar-refractivity contribution in [3.63, 3.8) is 0 Å². The van der Waals surface area contributed by atoms with Crippen LogP contribution in [0.2, 0.25) is 0 Å². The van der Waals surface area contributed by atoms with Gasteiger partial charge in [0.2, 0.25) is 0 Å². The molecule has 100 valence electrons. The Hall–Kier alpha value is -1.02. The molecule has 0 bridgehead atoms. The van der Waals surface area contributed by atoms with E-state index in [1.807, 2.05) is 0 Å². The normalized spacial score (nSPS) is 17.6. The highest BCUT2D eigenvalue weighted by atomic mass is 16.5. The maximum Gasteiger partial charge on any atom is 0.120 e. The predicted molar refractivity (Wildman–Crippen MR) is 76.1 cm³/mol. The molecule has 0 atom stereocenters. The van der Waals surface area contributed by atoms with Gasteiger partial charge in [0.15, 0.2) is 0 Å². The van der Waals surface area contributed by atoms with E-state index >= 15 is 0 Å². The van der Waals surface area contributed by atoms with Gasteiger partial charge < -0.3 is 9.64 Å². The van der Waals surface area contributed by atoms with E-state index in [-0.39, 0.29) is 5.60 Å². The second-order valence-corrected chi connectivity index (χ2v) is 6.47. The number of nitrogens with zero attached hydrogens (tertiary/aromatic N) is 1. The van der Waals surface area contributed by atoms with Crippen LogP contribution in [0.5, 0.6) is 5.75 Å². The molecule has 0 aliphatic carbocycles. The molecule has 0 spiro atoms. The molecule has 1 heterocycles. The van der Waals surface area contributed by atoms with Gasteiger partial charge in [0.1, 0.15) is 11.4 Å². The third-order valence-corrected chi connectivity index (χ3v) is 3.20. The molecule has 2 nitrogen and oxygen atoms in total. The molecule has 1 aliphatic heterocycles. The van der Waals surface area contributed by atoms with Crippen molar-refractivity contribution >= 4 is 0 Å². The molecule has 0 radical (unpaired) electrons. The van der Waals surface area contributed by atoms with Gasteiger partial charge in [-0.05, 0) is 50.8 Å². The molecule has 0 amide bonds. The molecule has 0 saturated carbocycles. The number of rotatable bonds is 4. The van der Waals surface area contributed by atoms with Crippen LogP contribution in [0.1, 0.15) is 33.3 Å². The zero-order valence-electron chi connectivity index (χ0n) is 12.1. The summed E-state index contributed by atoms with van der Waals surface area (Å²) in [6.45, 7) is 12.3. The fourth-order valence-electron chi connectivity index (χ4n) is 2.38. The molecule has 1 aromatic carbocycles. The molecule has 18 heavy (non-hydrogen) atoms. The van der Waals surface area contributed by atoms with Crippen LogP contribution in [-0.2, 0) is 6.42 Å². The second-order valence-electron chi connectivity index (χ2n) is 6.47. The van der Waals surface area contributed by atoms with Crippen LogP contribution in [-0.4, -0.2) is 30.1 Å². The van der Waals surface area contributed by atoms with Crippen molar-refractivity contribution in [2.45, 2.75) is 39.7 Å². The molecule has 0 aromatic heterocycles. The first-order valence-corrected chi connectivity index (χ1v) is 6.93. The van der Waals surface area contributed by atoms with Gasteiger partial charge in [0, 0.05) is 19.6 Å². The zero-order chi connectivity index (χ0) is 13.2. The van der Waals surface area contributed by atoms with E-state index in [1.165, 1.54) is 25.2 Å². The Morgan fingerprint density at radius 3 is 2.28 bits per heavy atom. The lowest BCUT2D eigenvalue weighted by Crippen LogP contribution is -2.45. The van der Waals surface area contributed by atoms with Gasteiger partial charge in [0.05, 0.1) is 0 Å². The maximum absolute atomic E-state index is 5.82. The number of likely N-dealkylation sites (tertiary alicyclic amines) is 1. The minimum absolute atomic E-state index is 0.116. The summed E-state index contributed by atoms with van der Waals surface area (Å²) in [6, 6.07) is 8.53. The predicted octanol–water partition coefficient (Wildman–Crippen LogP) is 3.36. The van der Waals surface area contributed by atoms with Crippen LogP contribution < -0.4 is 4.74 Å². The van der Waals surface area contributed by atoms with Gasteiger partial charge in [0.25, 0.3) is 0 Å². The van der Waals surface area contributed by atoms with Crippen LogP contribution >= 0.6 is 0 Å². The molecular formula is C16H25NO. The Labute approximate surface area is 111 Å². The third kappa shape index (κ3) is 4.02. The maximum atomic E-state index is 5.82. The van der Waals surface area contributed by atoms with E-state index in [9.17, 15) is 0 Å². The summed E-state index contributed by atoms with van der Waals surface area (Å²) in [7, 11) is 0. The van der Waals surface area contributed by atoms with Gasteiger partial charge in [-0.15, -0.1) is 0 Å². The van der Waals surface area contributed by atoms with Crippen LogP contribution in [0, 0.1) is 5.92 Å². The molecule has 1 fully saturated rings. The van der Waals surface area contributed by atoms with Crippen molar-refractivity contribution < 1.29 is 4.74 Å². The molecule has 1 aliphatic rings. The summed E-state index contributed by atoms with van der Waals surface area (Å²) >= 11 is 0. The molecule has 2 rings (SSSR count). The lowest BCUT2D eigenvalue weighted by Gasteiger charge is -2.37. The first-order valence-electron chi connectivity index (χ1n) is 6.93. The number of hydrogen-bond donors (Lipinski definition) is 0. The lowest BCUT2D eigenvalue weighted by molar-refractivity contribution is 0.115. The van der Waals surface area contributed by atoms with Gasteiger partial charge in [-0.1, -0.05) is 19.1 Å². The minimum atomic E-state index is -0.116. The van der Waals surface area contributed by atoms with Crippen LogP contribution in [0.15, 0.2) is 24.3 Å². The van der Waals surface area contributed by atoms with E-state index in [0.717, 1.165) is 18.1 Å². The van der Waals surface area contributed by atoms with Crippen molar-refractivity contribution in [3.8, 4) is 5.75 Å². The molecular weight excluding hydrogens is 222 g/mol. The van der Waals surface area contributed by atoms with E-state index in [2.05, 4.69) is 56.9 Å². The topological polar surface area (TPSA) is 12.5 Å². The van der Waals surface area contributed by atoms with E-state index in [1.54, 1.807) is 0 Å². The number of benzene rings is 1. The Morgan fingerprint density at radius 1 is 1.17 bits per heavy atom. The Balaban J connectivity index is 1.80. The van der Waals surface area contributed by atoms with E-state index in [4.69, 9.17) is 4.74 Å². The Morgan fingerprint density at radius 2 is 1.78 bits per heavy atom. The van der Waals surface area contributed by atoms with Gasteiger partial charge in [-0.25, -0.2) is 0 Å². The average Bonchev–Trinajstić information content (AvgIpc) is 2.23. The standard InChI is InChI=1S/C16H25NO/c1-13-11-17(12-13)10-9-14-5-7-15(8-6-14)18-16(2,3)4/h5-8,13H,9-12H2,1-4H3. The van der Waals surface area contributed by atoms with Crippen molar-refractivity contribution in [2.75, 3.05) is 19.6 Å². The summed E-state index contributed by atoms with van der Waals surface area (Å²) in [5.41, 5.74) is 1.28. The molecule has 0 unspecified atom stereocenters. The summed E-state index contributed by atoms with van der Waals surface area (Å²) in [5, 5.41) is 0. The highest BCUT2D eigenvalue weighted by Gasteiger charge is 2.21. The van der Waals surface area contributed by atoms with Crippen LogP contribution in [0.3, 0.4) is 0 Å². The largest absolute Gasteiger partial charge is 0.488 e. The fourth-order valence-corrected chi connectivity index (χ4v) is 2.38. The van der Waals surface area contributed by atoms with Gasteiger partial charge in [-0.3, -0.25) is 0 Å². The van der Waals surface area contributed by atoms with E-state index in [0.29, 0.717) is 0 Å². The monoisotopic (exact) mass is 247 g/mol. The highest BCUT2D eigenvalue weighted by Crippen LogP contribution is 2.19.